The Labute approximate surface area is 235 Å². The maximum atomic E-state index is 14.0. The molecule has 0 unspecified atom stereocenters. The second-order valence-electron chi connectivity index (χ2n) is 11.5. The summed E-state index contributed by atoms with van der Waals surface area (Å²) in [6.45, 7) is 6.97. The lowest BCUT2D eigenvalue weighted by molar-refractivity contribution is 0.0893. The summed E-state index contributed by atoms with van der Waals surface area (Å²) in [7, 11) is 0. The van der Waals surface area contributed by atoms with Gasteiger partial charge in [-0.2, -0.15) is 10.3 Å². The zero-order valence-corrected chi connectivity index (χ0v) is 23.1. The van der Waals surface area contributed by atoms with Crippen molar-refractivity contribution in [1.29, 1.82) is 0 Å². The molecular weight excluding hydrogens is 530 g/mol. The van der Waals surface area contributed by atoms with Gasteiger partial charge in [0.25, 0.3) is 17.8 Å². The monoisotopic (exact) mass is 562 g/mol. The van der Waals surface area contributed by atoms with E-state index in [1.807, 2.05) is 0 Å². The minimum Gasteiger partial charge on any atom is -0.348 e. The molecule has 0 radical (unpaired) electrons. The Kier molecular flexibility index (Phi) is 7.91. The van der Waals surface area contributed by atoms with E-state index >= 15 is 0 Å². The van der Waals surface area contributed by atoms with E-state index in [-0.39, 0.29) is 29.9 Å². The molecule has 0 aliphatic heterocycles. The fraction of sp³-hybridized carbons (Fsp3) is 0.379. The molecule has 4 aromatic rings. The average molecular weight is 563 g/mol. The molecule has 1 aliphatic carbocycles. The first-order valence-corrected chi connectivity index (χ1v) is 13.5. The van der Waals surface area contributed by atoms with Gasteiger partial charge >= 0.3 is 0 Å². The normalized spacial score (nSPS) is 17.3. The highest BCUT2D eigenvalue weighted by Crippen LogP contribution is 2.37. The van der Waals surface area contributed by atoms with Crippen LogP contribution in [0.1, 0.15) is 72.9 Å². The molecule has 2 amide bonds. The summed E-state index contributed by atoms with van der Waals surface area (Å²) in [6.07, 6.45) is 3.87. The molecule has 0 spiro atoms. The van der Waals surface area contributed by atoms with Gasteiger partial charge in [0.05, 0.1) is 12.2 Å². The van der Waals surface area contributed by atoms with Gasteiger partial charge in [0.2, 0.25) is 0 Å². The summed E-state index contributed by atoms with van der Waals surface area (Å²) in [4.78, 5) is 25.9. The summed E-state index contributed by atoms with van der Waals surface area (Å²) >= 11 is 0. The summed E-state index contributed by atoms with van der Waals surface area (Å²) in [5.74, 6) is -1.96. The first kappa shape index (κ1) is 28.1. The van der Waals surface area contributed by atoms with Gasteiger partial charge in [-0.25, -0.2) is 8.78 Å². The highest BCUT2D eigenvalue weighted by Gasteiger charge is 2.31. The molecule has 3 N–H and O–H groups in total. The topological polar surface area (TPSA) is 130 Å². The second-order valence-corrected chi connectivity index (χ2v) is 11.5. The van der Waals surface area contributed by atoms with Crippen molar-refractivity contribution in [3.8, 4) is 11.3 Å². The summed E-state index contributed by atoms with van der Waals surface area (Å²) in [6, 6.07) is 11.9. The number of halogens is 2. The first-order chi connectivity index (χ1) is 19.6. The Balaban J connectivity index is 1.35. The van der Waals surface area contributed by atoms with E-state index in [0.29, 0.717) is 28.4 Å². The van der Waals surface area contributed by atoms with Crippen LogP contribution >= 0.6 is 0 Å². The van der Waals surface area contributed by atoms with Crippen LogP contribution in [0.5, 0.6) is 0 Å². The van der Waals surface area contributed by atoms with Crippen LogP contribution in [0.3, 0.4) is 0 Å². The van der Waals surface area contributed by atoms with E-state index in [1.54, 1.807) is 35.0 Å². The van der Waals surface area contributed by atoms with Crippen molar-refractivity contribution in [2.45, 2.75) is 59.0 Å². The minimum absolute atomic E-state index is 0.0492. The fourth-order valence-corrected chi connectivity index (χ4v) is 5.20. The molecule has 0 atom stereocenters. The first-order valence-electron chi connectivity index (χ1n) is 13.5. The van der Waals surface area contributed by atoms with Gasteiger partial charge in [-0.1, -0.05) is 38.0 Å². The quantitative estimate of drug-likeness (QED) is 0.291. The van der Waals surface area contributed by atoms with Crippen LogP contribution in [-0.4, -0.2) is 48.3 Å². The molecule has 0 bridgehead atoms. The van der Waals surface area contributed by atoms with Gasteiger partial charge in [-0.05, 0) is 84.2 Å². The van der Waals surface area contributed by atoms with Crippen LogP contribution in [0, 0.1) is 23.0 Å². The zero-order valence-electron chi connectivity index (χ0n) is 23.1. The van der Waals surface area contributed by atoms with Crippen molar-refractivity contribution < 1.29 is 18.4 Å². The Morgan fingerprint density at radius 1 is 0.976 bits per heavy atom. The number of benzene rings is 2. The number of nitrogens with zero attached hydrogens (tertiary/aromatic N) is 5. The lowest BCUT2D eigenvalue weighted by Gasteiger charge is -2.37. The third kappa shape index (κ3) is 6.64. The highest BCUT2D eigenvalue weighted by atomic mass is 19.2. The number of anilines is 1. The van der Waals surface area contributed by atoms with Crippen LogP contribution < -0.4 is 10.6 Å². The molecular formula is C29H32F2N8O2. The minimum atomic E-state index is -0.992. The standard InChI is InChI=1S/C29H32F2N8O2/c1-29(2,3)20-9-11-21(12-10-20)32-27(41)25-15-24(19-8-13-22(30)23(31)14-19)36-39(25)16-17-4-6-18(7-5-17)26(40)33-28-34-37-38-35-28/h4-8,13-15,20-21H,9-12,16H2,1-3H3,(H,32,41)(H2,33,34,35,37,38,40). The third-order valence-corrected chi connectivity index (χ3v) is 7.63. The number of hydrogen-bond acceptors (Lipinski definition) is 6. The third-order valence-electron chi connectivity index (χ3n) is 7.63. The molecule has 214 valence electrons. The maximum absolute atomic E-state index is 14.0. The van der Waals surface area contributed by atoms with Crippen molar-refractivity contribution >= 4 is 17.8 Å². The highest BCUT2D eigenvalue weighted by molar-refractivity contribution is 6.03. The molecule has 41 heavy (non-hydrogen) atoms. The Morgan fingerprint density at radius 2 is 1.71 bits per heavy atom. The number of carbonyl (C=O) groups is 2. The van der Waals surface area contributed by atoms with Gasteiger partial charge in [0, 0.05) is 17.2 Å². The molecule has 2 aromatic carbocycles. The average Bonchev–Trinajstić information content (AvgIpc) is 3.61. The van der Waals surface area contributed by atoms with Crippen molar-refractivity contribution in [2.24, 2.45) is 11.3 Å². The lowest BCUT2D eigenvalue weighted by atomic mass is 9.71. The number of rotatable bonds is 7. The maximum Gasteiger partial charge on any atom is 0.270 e. The van der Waals surface area contributed by atoms with Crippen molar-refractivity contribution in [3.63, 3.8) is 0 Å². The van der Waals surface area contributed by atoms with E-state index in [1.165, 1.54) is 6.07 Å². The molecule has 5 rings (SSSR count). The fourth-order valence-electron chi connectivity index (χ4n) is 5.20. The smallest absolute Gasteiger partial charge is 0.270 e. The molecule has 10 nitrogen and oxygen atoms in total. The number of aromatic amines is 1. The molecule has 0 saturated heterocycles. The molecule has 1 saturated carbocycles. The number of tetrazole rings is 1. The number of H-pyrrole nitrogens is 1. The van der Waals surface area contributed by atoms with E-state index in [9.17, 15) is 18.4 Å². The predicted molar refractivity (Wildman–Crippen MR) is 148 cm³/mol. The number of hydrogen-bond donors (Lipinski definition) is 3. The summed E-state index contributed by atoms with van der Waals surface area (Å²) in [5.41, 5.74) is 2.40. The zero-order chi connectivity index (χ0) is 29.1. The molecule has 1 fully saturated rings. The van der Waals surface area contributed by atoms with Gasteiger partial charge in [0.1, 0.15) is 5.69 Å². The molecule has 2 heterocycles. The van der Waals surface area contributed by atoms with Gasteiger partial charge in [-0.15, -0.1) is 5.10 Å². The van der Waals surface area contributed by atoms with Gasteiger partial charge in [0.15, 0.2) is 11.6 Å². The Morgan fingerprint density at radius 3 is 2.34 bits per heavy atom. The van der Waals surface area contributed by atoms with Gasteiger partial charge in [-0.3, -0.25) is 19.6 Å². The Bertz CT molecular complexity index is 1520. The van der Waals surface area contributed by atoms with Crippen LogP contribution in [0.2, 0.25) is 0 Å². The summed E-state index contributed by atoms with van der Waals surface area (Å²) in [5, 5.41) is 23.3. The molecule has 1 aliphatic rings. The molecule has 12 heteroatoms. The summed E-state index contributed by atoms with van der Waals surface area (Å²) < 4.78 is 29.1. The number of amides is 2. The predicted octanol–water partition coefficient (Wildman–Crippen LogP) is 4.98. The van der Waals surface area contributed by atoms with Crippen molar-refractivity contribution in [2.75, 3.05) is 5.32 Å². The second kappa shape index (κ2) is 11.6. The largest absolute Gasteiger partial charge is 0.348 e. The SMILES string of the molecule is CC(C)(C)C1CCC(NC(=O)c2cc(-c3ccc(F)c(F)c3)nn2Cc2ccc(C(=O)Nc3nn[nH]n3)cc2)CC1. The van der Waals surface area contributed by atoms with Crippen molar-refractivity contribution in [3.05, 3.63) is 77.0 Å². The van der Waals surface area contributed by atoms with Crippen LogP contribution in [0.25, 0.3) is 11.3 Å². The van der Waals surface area contributed by atoms with E-state index in [4.69, 9.17) is 0 Å². The van der Waals surface area contributed by atoms with Gasteiger partial charge < -0.3 is 5.32 Å². The Hall–Kier alpha value is -4.48. The number of carbonyl (C=O) groups excluding carboxylic acids is 2. The van der Waals surface area contributed by atoms with E-state index < -0.39 is 17.5 Å². The van der Waals surface area contributed by atoms with Crippen molar-refractivity contribution in [1.82, 2.24) is 35.7 Å². The van der Waals surface area contributed by atoms with E-state index in [2.05, 4.69) is 57.1 Å². The number of aromatic nitrogens is 6. The lowest BCUT2D eigenvalue weighted by Crippen LogP contribution is -2.40. The number of nitrogens with one attached hydrogen (secondary N) is 3. The molecule has 2 aromatic heterocycles. The van der Waals surface area contributed by atoms with E-state index in [0.717, 1.165) is 43.4 Å². The van der Waals surface area contributed by atoms with Crippen LogP contribution in [0.15, 0.2) is 48.5 Å². The van der Waals surface area contributed by atoms with Crippen LogP contribution in [-0.2, 0) is 6.54 Å². The van der Waals surface area contributed by atoms with Crippen LogP contribution in [0.4, 0.5) is 14.7 Å².